The molecule has 26 heavy (non-hydrogen) atoms. The molecule has 5 aromatic rings. The number of nitrogen functional groups attached to an aromatic ring is 1. The number of anilines is 1. The van der Waals surface area contributed by atoms with Crippen LogP contribution in [0.15, 0.2) is 72.8 Å². The van der Waals surface area contributed by atoms with Crippen molar-refractivity contribution >= 4 is 27.2 Å². The minimum Gasteiger partial charge on any atom is -0.398 e. The van der Waals surface area contributed by atoms with Gasteiger partial charge in [-0.15, -0.1) is 10.2 Å². The van der Waals surface area contributed by atoms with E-state index in [0.29, 0.717) is 5.82 Å². The van der Waals surface area contributed by atoms with Crippen molar-refractivity contribution in [3.63, 3.8) is 0 Å². The minimum atomic E-state index is 0.554. The van der Waals surface area contributed by atoms with Crippen LogP contribution in [0.4, 0.5) is 5.69 Å². The number of fused-ring (bicyclic) bond motifs is 2. The lowest BCUT2D eigenvalue weighted by Crippen LogP contribution is -1.96. The lowest BCUT2D eigenvalue weighted by molar-refractivity contribution is 0.881. The molecule has 0 amide bonds. The van der Waals surface area contributed by atoms with E-state index in [4.69, 9.17) is 5.73 Å². The number of nitrogens with one attached hydrogen (secondary N) is 1. The Hall–Kier alpha value is -3.73. The quantitative estimate of drug-likeness (QED) is 0.467. The molecule has 3 N–H and O–H groups in total. The number of hydrogen-bond acceptors (Lipinski definition) is 4. The van der Waals surface area contributed by atoms with E-state index in [2.05, 4.69) is 51.0 Å². The minimum absolute atomic E-state index is 0.554. The van der Waals surface area contributed by atoms with Crippen LogP contribution >= 0.6 is 0 Å². The number of hydrogen-bond donors (Lipinski definition) is 2. The molecule has 0 spiro atoms. The number of aromatic nitrogens is 4. The summed E-state index contributed by atoms with van der Waals surface area (Å²) in [5.41, 5.74) is 10.1. The Bertz CT molecular complexity index is 1240. The van der Waals surface area contributed by atoms with Gasteiger partial charge in [0.25, 0.3) is 0 Å². The first-order valence-corrected chi connectivity index (χ1v) is 8.36. The van der Waals surface area contributed by atoms with Crippen LogP contribution in [0.5, 0.6) is 0 Å². The predicted octanol–water partition coefficient (Wildman–Crippen LogP) is 4.42. The molecule has 0 unspecified atom stereocenters. The van der Waals surface area contributed by atoms with Crippen LogP contribution in [0.2, 0.25) is 0 Å². The molecule has 124 valence electrons. The van der Waals surface area contributed by atoms with Crippen molar-refractivity contribution in [2.45, 2.75) is 0 Å². The van der Waals surface area contributed by atoms with Gasteiger partial charge in [-0.25, -0.2) is 0 Å². The number of nitrogens with two attached hydrogens (primary N) is 1. The molecule has 1 aromatic heterocycles. The van der Waals surface area contributed by atoms with Crippen molar-refractivity contribution < 1.29 is 0 Å². The van der Waals surface area contributed by atoms with Gasteiger partial charge in [0.1, 0.15) is 0 Å². The highest BCUT2D eigenvalue weighted by atomic mass is 15.5. The monoisotopic (exact) mass is 337 g/mol. The van der Waals surface area contributed by atoms with Gasteiger partial charge in [0.15, 0.2) is 0 Å². The van der Waals surface area contributed by atoms with Crippen LogP contribution < -0.4 is 5.73 Å². The molecule has 5 nitrogen and oxygen atoms in total. The summed E-state index contributed by atoms with van der Waals surface area (Å²) in [4.78, 5) is 0. The van der Waals surface area contributed by atoms with E-state index in [1.807, 2.05) is 42.5 Å². The van der Waals surface area contributed by atoms with Crippen LogP contribution in [-0.2, 0) is 0 Å². The molecule has 0 saturated heterocycles. The Balaban J connectivity index is 1.99. The van der Waals surface area contributed by atoms with E-state index in [-0.39, 0.29) is 0 Å². The summed E-state index contributed by atoms with van der Waals surface area (Å²) in [6, 6.07) is 24.6. The molecule has 0 saturated carbocycles. The Morgan fingerprint density at radius 1 is 0.692 bits per heavy atom. The SMILES string of the molecule is Nc1ccc2ccccc2c1-c1c(-c2nn[nH]n2)ccc2ccccc12. The van der Waals surface area contributed by atoms with Crippen molar-refractivity contribution in [2.75, 3.05) is 5.73 Å². The van der Waals surface area contributed by atoms with Crippen molar-refractivity contribution in [1.82, 2.24) is 20.6 Å². The molecule has 5 heteroatoms. The molecule has 0 atom stereocenters. The lowest BCUT2D eigenvalue weighted by atomic mass is 9.89. The van der Waals surface area contributed by atoms with Gasteiger partial charge >= 0.3 is 0 Å². The summed E-state index contributed by atoms with van der Waals surface area (Å²) < 4.78 is 0. The molecule has 4 aromatic carbocycles. The van der Waals surface area contributed by atoms with Crippen molar-refractivity contribution in [3.8, 4) is 22.5 Å². The maximum absolute atomic E-state index is 6.47. The molecular weight excluding hydrogens is 322 g/mol. The van der Waals surface area contributed by atoms with E-state index < -0.39 is 0 Å². The molecule has 5 rings (SSSR count). The molecule has 0 aliphatic rings. The van der Waals surface area contributed by atoms with Crippen molar-refractivity contribution in [2.24, 2.45) is 0 Å². The van der Waals surface area contributed by atoms with Gasteiger partial charge in [-0.2, -0.15) is 5.21 Å². The van der Waals surface area contributed by atoms with Crippen molar-refractivity contribution in [1.29, 1.82) is 0 Å². The fourth-order valence-electron chi connectivity index (χ4n) is 3.57. The first-order valence-electron chi connectivity index (χ1n) is 8.36. The van der Waals surface area contributed by atoms with Crippen LogP contribution in [0.3, 0.4) is 0 Å². The third kappa shape index (κ3) is 2.14. The lowest BCUT2D eigenvalue weighted by Gasteiger charge is -2.16. The fourth-order valence-corrected chi connectivity index (χ4v) is 3.57. The average molecular weight is 337 g/mol. The number of nitrogens with zero attached hydrogens (tertiary/aromatic N) is 3. The summed E-state index contributed by atoms with van der Waals surface area (Å²) in [5, 5.41) is 19.2. The third-order valence-corrected chi connectivity index (χ3v) is 4.73. The van der Waals surface area contributed by atoms with Gasteiger partial charge in [0, 0.05) is 22.4 Å². The zero-order chi connectivity index (χ0) is 17.5. The molecule has 0 bridgehead atoms. The third-order valence-electron chi connectivity index (χ3n) is 4.73. The first kappa shape index (κ1) is 14.6. The van der Waals surface area contributed by atoms with Crippen LogP contribution in [0, 0.1) is 0 Å². The molecular formula is C21H15N5. The Morgan fingerprint density at radius 3 is 2.04 bits per heavy atom. The summed E-state index contributed by atoms with van der Waals surface area (Å²) in [5.74, 6) is 0.554. The number of rotatable bonds is 2. The Labute approximate surface area is 149 Å². The molecule has 1 heterocycles. The zero-order valence-electron chi connectivity index (χ0n) is 13.8. The molecule has 0 fully saturated rings. The van der Waals surface area contributed by atoms with E-state index >= 15 is 0 Å². The fraction of sp³-hybridized carbons (Fsp3) is 0. The van der Waals surface area contributed by atoms with E-state index in [0.717, 1.165) is 43.9 Å². The second-order valence-electron chi connectivity index (χ2n) is 6.20. The second kappa shape index (κ2) is 5.67. The number of tetrazole rings is 1. The van der Waals surface area contributed by atoms with Gasteiger partial charge in [0.2, 0.25) is 5.82 Å². The van der Waals surface area contributed by atoms with Gasteiger partial charge in [0.05, 0.1) is 0 Å². The predicted molar refractivity (Wildman–Crippen MR) is 104 cm³/mol. The Kier molecular flexibility index (Phi) is 3.18. The normalized spacial score (nSPS) is 11.2. The van der Waals surface area contributed by atoms with Crippen LogP contribution in [-0.4, -0.2) is 20.6 Å². The highest BCUT2D eigenvalue weighted by Gasteiger charge is 2.18. The second-order valence-corrected chi connectivity index (χ2v) is 6.20. The highest BCUT2D eigenvalue weighted by Crippen LogP contribution is 2.42. The van der Waals surface area contributed by atoms with Gasteiger partial charge in [-0.3, -0.25) is 0 Å². The summed E-state index contributed by atoms with van der Waals surface area (Å²) in [7, 11) is 0. The van der Waals surface area contributed by atoms with E-state index in [1.54, 1.807) is 0 Å². The van der Waals surface area contributed by atoms with Gasteiger partial charge < -0.3 is 5.73 Å². The van der Waals surface area contributed by atoms with E-state index in [9.17, 15) is 0 Å². The zero-order valence-corrected chi connectivity index (χ0v) is 13.8. The van der Waals surface area contributed by atoms with Crippen molar-refractivity contribution in [3.05, 3.63) is 72.8 Å². The number of H-pyrrole nitrogens is 1. The summed E-state index contributed by atoms with van der Waals surface area (Å²) in [6.45, 7) is 0. The highest BCUT2D eigenvalue weighted by molar-refractivity contribution is 6.13. The largest absolute Gasteiger partial charge is 0.398 e. The molecule has 0 radical (unpaired) electrons. The summed E-state index contributed by atoms with van der Waals surface area (Å²) in [6.07, 6.45) is 0. The van der Waals surface area contributed by atoms with Crippen LogP contribution in [0.25, 0.3) is 44.1 Å². The number of aromatic amines is 1. The van der Waals surface area contributed by atoms with Crippen LogP contribution in [0.1, 0.15) is 0 Å². The maximum Gasteiger partial charge on any atom is 0.205 e. The first-order chi connectivity index (χ1) is 12.8. The Morgan fingerprint density at radius 2 is 1.35 bits per heavy atom. The standard InChI is InChI=1S/C21H15N5/c22-18-12-10-14-6-2-4-8-16(14)20(18)19-15-7-3-1-5-13(15)9-11-17(19)21-23-25-26-24-21/h1-12H,22H2,(H,23,24,25,26). The average Bonchev–Trinajstić information content (AvgIpc) is 3.22. The van der Waals surface area contributed by atoms with Gasteiger partial charge in [-0.1, -0.05) is 60.7 Å². The molecule has 0 aliphatic carbocycles. The number of benzene rings is 4. The molecule has 0 aliphatic heterocycles. The smallest absolute Gasteiger partial charge is 0.205 e. The van der Waals surface area contributed by atoms with E-state index in [1.165, 1.54) is 0 Å². The summed E-state index contributed by atoms with van der Waals surface area (Å²) >= 11 is 0. The maximum atomic E-state index is 6.47. The van der Waals surface area contributed by atoms with Gasteiger partial charge in [-0.05, 0) is 38.9 Å². The topological polar surface area (TPSA) is 80.5 Å².